The van der Waals surface area contributed by atoms with Gasteiger partial charge in [0.1, 0.15) is 6.29 Å². The fourth-order valence-corrected chi connectivity index (χ4v) is 2.34. The van der Waals surface area contributed by atoms with Crippen molar-refractivity contribution in [3.05, 3.63) is 42.1 Å². The van der Waals surface area contributed by atoms with Gasteiger partial charge in [-0.1, -0.05) is 18.2 Å². The van der Waals surface area contributed by atoms with Gasteiger partial charge in [-0.25, -0.2) is 0 Å². The van der Waals surface area contributed by atoms with Gasteiger partial charge >= 0.3 is 0 Å². The molecule has 1 heterocycles. The maximum absolute atomic E-state index is 11.3. The summed E-state index contributed by atoms with van der Waals surface area (Å²) in [4.78, 5) is 15.4. The average molecular weight is 230 g/mol. The maximum Gasteiger partial charge on any atom is 0.129 e. The molecule has 0 N–H and O–H groups in total. The molecule has 3 nitrogen and oxygen atoms in total. The second kappa shape index (κ2) is 4.62. The van der Waals surface area contributed by atoms with E-state index >= 15 is 0 Å². The fraction of sp³-hybridized carbons (Fsp3) is 0.357. The van der Waals surface area contributed by atoms with Gasteiger partial charge in [0.25, 0.3) is 0 Å². The Morgan fingerprint density at radius 2 is 2.00 bits per heavy atom. The van der Waals surface area contributed by atoms with Crippen LogP contribution in [0.2, 0.25) is 0 Å². The number of fused-ring (bicyclic) bond motifs is 1. The Labute approximate surface area is 102 Å². The molecule has 1 aromatic rings. The molecule has 0 bridgehead atoms. The van der Waals surface area contributed by atoms with Crippen LogP contribution >= 0.6 is 0 Å². The highest BCUT2D eigenvalue weighted by Crippen LogP contribution is 2.39. The number of benzene rings is 1. The van der Waals surface area contributed by atoms with Gasteiger partial charge in [-0.2, -0.15) is 0 Å². The number of carbonyl (C=O) groups is 1. The summed E-state index contributed by atoms with van der Waals surface area (Å²) in [5.41, 5.74) is 2.27. The number of nitrogens with zero attached hydrogens (tertiary/aromatic N) is 2. The summed E-state index contributed by atoms with van der Waals surface area (Å²) in [6.07, 6.45) is 5.13. The van der Waals surface area contributed by atoms with Crippen molar-refractivity contribution in [1.82, 2.24) is 4.90 Å². The highest BCUT2D eigenvalue weighted by Gasteiger charge is 2.34. The molecular formula is C14H18N2O. The van der Waals surface area contributed by atoms with Crippen LogP contribution in [0.1, 0.15) is 11.5 Å². The summed E-state index contributed by atoms with van der Waals surface area (Å²) in [5.74, 6) is -0.0626. The van der Waals surface area contributed by atoms with E-state index in [4.69, 9.17) is 0 Å². The third-order valence-corrected chi connectivity index (χ3v) is 3.22. The quantitative estimate of drug-likeness (QED) is 0.741. The predicted molar refractivity (Wildman–Crippen MR) is 70.3 cm³/mol. The van der Waals surface area contributed by atoms with Crippen molar-refractivity contribution in [3.8, 4) is 0 Å². The lowest BCUT2D eigenvalue weighted by Crippen LogP contribution is -2.29. The molecule has 0 spiro atoms. The van der Waals surface area contributed by atoms with Crippen molar-refractivity contribution in [2.24, 2.45) is 0 Å². The van der Waals surface area contributed by atoms with Gasteiger partial charge < -0.3 is 14.6 Å². The van der Waals surface area contributed by atoms with Crippen molar-refractivity contribution in [3.63, 3.8) is 0 Å². The highest BCUT2D eigenvalue weighted by atomic mass is 16.1. The summed E-state index contributed by atoms with van der Waals surface area (Å²) in [6, 6.07) is 8.22. The Morgan fingerprint density at radius 3 is 2.65 bits per heavy atom. The number of para-hydroxylation sites is 1. The van der Waals surface area contributed by atoms with E-state index in [-0.39, 0.29) is 12.0 Å². The minimum atomic E-state index is -0.0626. The van der Waals surface area contributed by atoms with E-state index in [2.05, 4.69) is 17.0 Å². The number of hydrogen-bond donors (Lipinski definition) is 0. The van der Waals surface area contributed by atoms with Crippen LogP contribution < -0.4 is 4.90 Å². The summed E-state index contributed by atoms with van der Waals surface area (Å²) in [5, 5.41) is 0. The third kappa shape index (κ3) is 2.05. The maximum atomic E-state index is 11.3. The van der Waals surface area contributed by atoms with Gasteiger partial charge in [-0.15, -0.1) is 0 Å². The smallest absolute Gasteiger partial charge is 0.129 e. The molecule has 3 heteroatoms. The molecule has 1 aromatic carbocycles. The molecule has 0 radical (unpaired) electrons. The first kappa shape index (κ1) is 11.7. The zero-order valence-corrected chi connectivity index (χ0v) is 10.5. The van der Waals surface area contributed by atoms with Crippen LogP contribution in [0.15, 0.2) is 36.5 Å². The summed E-state index contributed by atoms with van der Waals surface area (Å²) in [7, 11) is 6.00. The molecule has 1 aliphatic rings. The molecule has 2 unspecified atom stereocenters. The van der Waals surface area contributed by atoms with Crippen molar-refractivity contribution in [1.29, 1.82) is 0 Å². The zero-order chi connectivity index (χ0) is 12.4. The molecule has 0 saturated heterocycles. The molecular weight excluding hydrogens is 212 g/mol. The van der Waals surface area contributed by atoms with Crippen molar-refractivity contribution >= 4 is 12.0 Å². The van der Waals surface area contributed by atoms with E-state index in [1.807, 2.05) is 50.4 Å². The van der Waals surface area contributed by atoms with Crippen LogP contribution in [-0.4, -0.2) is 38.4 Å². The monoisotopic (exact) mass is 230 g/mol. The SMILES string of the molecule is CN(C)/C=C/C1C(C=O)c2ccccc2N1C. The highest BCUT2D eigenvalue weighted by molar-refractivity contribution is 5.76. The molecule has 0 fully saturated rings. The second-order valence-corrected chi connectivity index (χ2v) is 4.63. The first-order chi connectivity index (χ1) is 8.15. The Hall–Kier alpha value is -1.77. The number of anilines is 1. The minimum absolute atomic E-state index is 0.0626. The molecule has 90 valence electrons. The lowest BCUT2D eigenvalue weighted by Gasteiger charge is -2.22. The number of likely N-dealkylation sites (N-methyl/N-ethyl adjacent to an activating group) is 1. The first-order valence-corrected chi connectivity index (χ1v) is 5.77. The van der Waals surface area contributed by atoms with Crippen molar-refractivity contribution in [2.75, 3.05) is 26.0 Å². The lowest BCUT2D eigenvalue weighted by molar-refractivity contribution is -0.109. The molecule has 2 rings (SSSR count). The average Bonchev–Trinajstić information content (AvgIpc) is 2.60. The fourth-order valence-electron chi connectivity index (χ4n) is 2.34. The molecule has 17 heavy (non-hydrogen) atoms. The Morgan fingerprint density at radius 1 is 1.29 bits per heavy atom. The standard InChI is InChI=1S/C14H18N2O/c1-15(2)9-8-14-12(10-17)11-6-4-5-7-13(11)16(14)3/h4-10,12,14H,1-3H3/b9-8+. The van der Waals surface area contributed by atoms with Crippen molar-refractivity contribution < 1.29 is 4.79 Å². The van der Waals surface area contributed by atoms with Crippen LogP contribution in [0.3, 0.4) is 0 Å². The molecule has 0 amide bonds. The van der Waals surface area contributed by atoms with Gasteiger partial charge in [0.15, 0.2) is 0 Å². The van der Waals surface area contributed by atoms with E-state index < -0.39 is 0 Å². The number of hydrogen-bond acceptors (Lipinski definition) is 3. The topological polar surface area (TPSA) is 23.6 Å². The predicted octanol–water partition coefficient (Wildman–Crippen LogP) is 1.86. The molecule has 1 aliphatic heterocycles. The largest absolute Gasteiger partial charge is 0.384 e. The summed E-state index contributed by atoms with van der Waals surface area (Å²) < 4.78 is 0. The molecule has 2 atom stereocenters. The van der Waals surface area contributed by atoms with E-state index in [9.17, 15) is 4.79 Å². The van der Waals surface area contributed by atoms with E-state index in [1.165, 1.54) is 0 Å². The van der Waals surface area contributed by atoms with Crippen LogP contribution in [0.4, 0.5) is 5.69 Å². The number of carbonyl (C=O) groups excluding carboxylic acids is 1. The molecule has 0 saturated carbocycles. The minimum Gasteiger partial charge on any atom is -0.384 e. The van der Waals surface area contributed by atoms with Gasteiger partial charge in [0, 0.05) is 26.8 Å². The second-order valence-electron chi connectivity index (χ2n) is 4.63. The number of rotatable bonds is 3. The molecule has 0 aliphatic carbocycles. The van der Waals surface area contributed by atoms with Crippen molar-refractivity contribution in [2.45, 2.75) is 12.0 Å². The Kier molecular flexibility index (Phi) is 3.18. The van der Waals surface area contributed by atoms with E-state index in [0.29, 0.717) is 0 Å². The first-order valence-electron chi connectivity index (χ1n) is 5.77. The van der Waals surface area contributed by atoms with Crippen LogP contribution in [-0.2, 0) is 4.79 Å². The van der Waals surface area contributed by atoms with E-state index in [0.717, 1.165) is 17.5 Å². The summed E-state index contributed by atoms with van der Waals surface area (Å²) in [6.45, 7) is 0. The van der Waals surface area contributed by atoms with Crippen LogP contribution in [0.25, 0.3) is 0 Å². The van der Waals surface area contributed by atoms with Crippen LogP contribution in [0.5, 0.6) is 0 Å². The molecule has 0 aromatic heterocycles. The van der Waals surface area contributed by atoms with E-state index in [1.54, 1.807) is 0 Å². The van der Waals surface area contributed by atoms with Gasteiger partial charge in [-0.05, 0) is 23.9 Å². The Bertz CT molecular complexity index is 440. The van der Waals surface area contributed by atoms with Gasteiger partial charge in [0.2, 0.25) is 0 Å². The summed E-state index contributed by atoms with van der Waals surface area (Å²) >= 11 is 0. The lowest BCUT2D eigenvalue weighted by atomic mass is 9.96. The van der Waals surface area contributed by atoms with Crippen LogP contribution in [0, 0.1) is 0 Å². The van der Waals surface area contributed by atoms with Gasteiger partial charge in [-0.3, -0.25) is 0 Å². The Balaban J connectivity index is 2.35. The number of aldehydes is 1. The third-order valence-electron chi connectivity index (χ3n) is 3.22. The van der Waals surface area contributed by atoms with Gasteiger partial charge in [0.05, 0.1) is 12.0 Å². The normalized spacial score (nSPS) is 22.9. The zero-order valence-electron chi connectivity index (χ0n) is 10.5.